The number of hydrogen-bond acceptors (Lipinski definition) is 6. The Balaban J connectivity index is 4.33. The molecule has 0 spiro atoms. The van der Waals surface area contributed by atoms with Gasteiger partial charge in [-0.3, -0.25) is 9.59 Å². The molecule has 6 nitrogen and oxygen atoms in total. The maximum Gasteiger partial charge on any atom is 0.347 e. The molecular formula is C14H20O6. The summed E-state index contributed by atoms with van der Waals surface area (Å²) in [5.41, 5.74) is -0.594. The molecular weight excluding hydrogens is 264 g/mol. The van der Waals surface area contributed by atoms with Crippen LogP contribution in [0.15, 0.2) is 12.2 Å². The van der Waals surface area contributed by atoms with Crippen molar-refractivity contribution in [2.75, 3.05) is 6.61 Å². The molecule has 0 heterocycles. The quantitative estimate of drug-likeness (QED) is 0.538. The molecule has 0 rings (SSSR count). The van der Waals surface area contributed by atoms with Crippen LogP contribution < -0.4 is 0 Å². The highest BCUT2D eigenvalue weighted by Crippen LogP contribution is 2.14. The molecule has 0 radical (unpaired) electrons. The molecule has 0 amide bonds. The highest BCUT2D eigenvalue weighted by atomic mass is 16.6. The minimum Gasteiger partial charge on any atom is -0.455 e. The van der Waals surface area contributed by atoms with E-state index in [0.29, 0.717) is 0 Å². The maximum atomic E-state index is 11.5. The van der Waals surface area contributed by atoms with E-state index in [2.05, 4.69) is 4.74 Å². The van der Waals surface area contributed by atoms with Crippen LogP contribution in [0.3, 0.4) is 0 Å². The summed E-state index contributed by atoms with van der Waals surface area (Å²) in [4.78, 5) is 44.9. The molecule has 20 heavy (non-hydrogen) atoms. The lowest BCUT2D eigenvalue weighted by atomic mass is 9.91. The monoisotopic (exact) mass is 284 g/mol. The van der Waals surface area contributed by atoms with Gasteiger partial charge in [0.2, 0.25) is 0 Å². The molecule has 0 aliphatic carbocycles. The Morgan fingerprint density at radius 3 is 2.10 bits per heavy atom. The Morgan fingerprint density at radius 2 is 1.65 bits per heavy atom. The fourth-order valence-electron chi connectivity index (χ4n) is 0.945. The van der Waals surface area contributed by atoms with Crippen molar-refractivity contribution in [3.05, 3.63) is 12.2 Å². The van der Waals surface area contributed by atoms with Gasteiger partial charge in [0.05, 0.1) is 0 Å². The van der Waals surface area contributed by atoms with Gasteiger partial charge in [-0.2, -0.15) is 0 Å². The lowest BCUT2D eigenvalue weighted by molar-refractivity contribution is -0.164. The van der Waals surface area contributed by atoms with Crippen LogP contribution in [0.4, 0.5) is 0 Å². The van der Waals surface area contributed by atoms with Gasteiger partial charge in [-0.15, -0.1) is 0 Å². The Bertz CT molecular complexity index is 427. The average Bonchev–Trinajstić information content (AvgIpc) is 2.31. The second-order valence-corrected chi connectivity index (χ2v) is 5.34. The van der Waals surface area contributed by atoms with E-state index in [-0.39, 0.29) is 18.2 Å². The number of carbonyl (C=O) groups excluding carboxylic acids is 4. The molecule has 1 unspecified atom stereocenters. The molecule has 0 N–H and O–H groups in total. The smallest absolute Gasteiger partial charge is 0.347 e. The van der Waals surface area contributed by atoms with Gasteiger partial charge >= 0.3 is 11.9 Å². The highest BCUT2D eigenvalue weighted by molar-refractivity contribution is 5.99. The van der Waals surface area contributed by atoms with Crippen LogP contribution in [0.5, 0.6) is 0 Å². The maximum absolute atomic E-state index is 11.5. The zero-order valence-corrected chi connectivity index (χ0v) is 12.4. The molecule has 0 fully saturated rings. The van der Waals surface area contributed by atoms with E-state index in [9.17, 15) is 19.2 Å². The second-order valence-electron chi connectivity index (χ2n) is 5.34. The van der Waals surface area contributed by atoms with Crippen molar-refractivity contribution in [2.24, 2.45) is 5.41 Å². The first-order chi connectivity index (χ1) is 9.04. The van der Waals surface area contributed by atoms with Crippen molar-refractivity contribution < 1.29 is 28.7 Å². The number of ether oxygens (including phenoxy) is 2. The first-order valence-corrected chi connectivity index (χ1v) is 6.13. The van der Waals surface area contributed by atoms with Crippen LogP contribution >= 0.6 is 0 Å². The summed E-state index contributed by atoms with van der Waals surface area (Å²) in [5.74, 6) is -2.19. The number of rotatable bonds is 6. The first-order valence-electron chi connectivity index (χ1n) is 6.13. The van der Waals surface area contributed by atoms with E-state index in [1.54, 1.807) is 20.8 Å². The SMILES string of the molecule is CC(=O)COC(=O)C(C)OC(=O)/C=C/C(=O)C(C)(C)C. The van der Waals surface area contributed by atoms with Crippen molar-refractivity contribution in [1.82, 2.24) is 0 Å². The van der Waals surface area contributed by atoms with Gasteiger partial charge in [0.25, 0.3) is 0 Å². The molecule has 0 aliphatic heterocycles. The third kappa shape index (κ3) is 7.45. The number of hydrogen-bond donors (Lipinski definition) is 0. The third-order valence-electron chi connectivity index (χ3n) is 2.15. The molecule has 6 heteroatoms. The predicted molar refractivity (Wildman–Crippen MR) is 70.8 cm³/mol. The molecule has 112 valence electrons. The van der Waals surface area contributed by atoms with Crippen molar-refractivity contribution >= 4 is 23.5 Å². The van der Waals surface area contributed by atoms with E-state index >= 15 is 0 Å². The van der Waals surface area contributed by atoms with E-state index in [4.69, 9.17) is 4.74 Å². The first kappa shape index (κ1) is 18.0. The Morgan fingerprint density at radius 1 is 1.10 bits per heavy atom. The van der Waals surface area contributed by atoms with Gasteiger partial charge in [0.1, 0.15) is 6.61 Å². The molecule has 0 bridgehead atoms. The van der Waals surface area contributed by atoms with Gasteiger partial charge in [0.15, 0.2) is 17.7 Å². The number of carbonyl (C=O) groups is 4. The van der Waals surface area contributed by atoms with Gasteiger partial charge in [-0.1, -0.05) is 20.8 Å². The largest absolute Gasteiger partial charge is 0.455 e. The van der Waals surface area contributed by atoms with Crippen molar-refractivity contribution in [3.63, 3.8) is 0 Å². The predicted octanol–water partition coefficient (Wildman–Crippen LogP) is 1.22. The zero-order valence-electron chi connectivity index (χ0n) is 12.4. The summed E-state index contributed by atoms with van der Waals surface area (Å²) >= 11 is 0. The summed E-state index contributed by atoms with van der Waals surface area (Å²) in [5, 5.41) is 0. The number of Topliss-reactive ketones (excluding diaryl/α,β-unsaturated/α-hetero) is 1. The van der Waals surface area contributed by atoms with Crippen LogP contribution in [0, 0.1) is 5.41 Å². The lowest BCUT2D eigenvalue weighted by Gasteiger charge is -2.13. The Hall–Kier alpha value is -1.98. The van der Waals surface area contributed by atoms with E-state index in [1.165, 1.54) is 13.8 Å². The van der Waals surface area contributed by atoms with Crippen LogP contribution in [0.1, 0.15) is 34.6 Å². The minimum atomic E-state index is -1.14. The summed E-state index contributed by atoms with van der Waals surface area (Å²) in [6.45, 7) is 7.37. The summed E-state index contributed by atoms with van der Waals surface area (Å²) in [7, 11) is 0. The number of allylic oxidation sites excluding steroid dienone is 1. The zero-order chi connectivity index (χ0) is 15.9. The third-order valence-corrected chi connectivity index (χ3v) is 2.15. The standard InChI is InChI=1S/C14H20O6/c1-9(15)8-19-13(18)10(2)20-12(17)7-6-11(16)14(3,4)5/h6-7,10H,8H2,1-5H3/b7-6+. The van der Waals surface area contributed by atoms with Gasteiger partial charge in [-0.25, -0.2) is 9.59 Å². The van der Waals surface area contributed by atoms with Gasteiger partial charge < -0.3 is 9.47 Å². The topological polar surface area (TPSA) is 86.7 Å². The summed E-state index contributed by atoms with van der Waals surface area (Å²) < 4.78 is 9.33. The normalized spacial score (nSPS) is 12.8. The van der Waals surface area contributed by atoms with E-state index < -0.39 is 23.5 Å². The Kier molecular flexibility index (Phi) is 6.82. The number of ketones is 2. The van der Waals surface area contributed by atoms with E-state index in [1.807, 2.05) is 0 Å². The van der Waals surface area contributed by atoms with Gasteiger partial charge in [0, 0.05) is 11.5 Å². The summed E-state index contributed by atoms with van der Waals surface area (Å²) in [6, 6.07) is 0. The fourth-order valence-corrected chi connectivity index (χ4v) is 0.945. The van der Waals surface area contributed by atoms with Crippen LogP contribution in [-0.2, 0) is 28.7 Å². The average molecular weight is 284 g/mol. The summed E-state index contributed by atoms with van der Waals surface area (Å²) in [6.07, 6.45) is 0.925. The second kappa shape index (κ2) is 7.57. The van der Waals surface area contributed by atoms with Crippen LogP contribution in [0.2, 0.25) is 0 Å². The number of esters is 2. The Labute approximate surface area is 118 Å². The molecule has 1 atom stereocenters. The van der Waals surface area contributed by atoms with Crippen molar-refractivity contribution in [3.8, 4) is 0 Å². The molecule has 0 aromatic heterocycles. The van der Waals surface area contributed by atoms with Crippen molar-refractivity contribution in [1.29, 1.82) is 0 Å². The minimum absolute atomic E-state index is 0.235. The lowest BCUT2D eigenvalue weighted by Crippen LogP contribution is -2.27. The van der Waals surface area contributed by atoms with E-state index in [0.717, 1.165) is 12.2 Å². The van der Waals surface area contributed by atoms with Crippen molar-refractivity contribution in [2.45, 2.75) is 40.7 Å². The molecule has 0 aromatic rings. The molecule has 0 aliphatic rings. The van der Waals surface area contributed by atoms with Crippen LogP contribution in [0.25, 0.3) is 0 Å². The fraction of sp³-hybridized carbons (Fsp3) is 0.571. The molecule has 0 aromatic carbocycles. The molecule has 0 saturated carbocycles. The van der Waals surface area contributed by atoms with Gasteiger partial charge in [-0.05, 0) is 19.9 Å². The molecule has 0 saturated heterocycles. The van der Waals surface area contributed by atoms with Crippen LogP contribution in [-0.4, -0.2) is 36.2 Å². The highest BCUT2D eigenvalue weighted by Gasteiger charge is 2.21.